The molecule has 0 aliphatic rings. The molecule has 1 N–H and O–H groups in total. The van der Waals surface area contributed by atoms with Crippen LogP contribution in [0.1, 0.15) is 29.1 Å². The van der Waals surface area contributed by atoms with Gasteiger partial charge in [-0.15, -0.1) is 0 Å². The monoisotopic (exact) mass is 181 g/mol. The fraction of sp³-hybridized carbons (Fsp3) is 0.333. The van der Waals surface area contributed by atoms with Crippen molar-refractivity contribution in [1.82, 2.24) is 4.98 Å². The zero-order chi connectivity index (χ0) is 9.84. The van der Waals surface area contributed by atoms with Crippen LogP contribution < -0.4 is 0 Å². The van der Waals surface area contributed by atoms with Gasteiger partial charge in [-0.25, -0.2) is 4.79 Å². The molecule has 0 bridgehead atoms. The second kappa shape index (κ2) is 4.00. The minimum Gasteiger partial charge on any atom is -0.465 e. The summed E-state index contributed by atoms with van der Waals surface area (Å²) in [6.45, 7) is 1.61. The lowest BCUT2D eigenvalue weighted by Gasteiger charge is -2.03. The van der Waals surface area contributed by atoms with Gasteiger partial charge in [0.15, 0.2) is 0 Å². The predicted molar refractivity (Wildman–Crippen MR) is 46.2 cm³/mol. The lowest BCUT2D eigenvalue weighted by atomic mass is 10.2. The summed E-state index contributed by atoms with van der Waals surface area (Å²) in [5.74, 6) is -0.426. The molecule has 1 atom stereocenters. The van der Waals surface area contributed by atoms with Gasteiger partial charge in [0, 0.05) is 6.20 Å². The Morgan fingerprint density at radius 2 is 2.31 bits per heavy atom. The van der Waals surface area contributed by atoms with Crippen molar-refractivity contribution in [2.24, 2.45) is 0 Å². The molecule has 1 aromatic rings. The molecule has 0 saturated heterocycles. The van der Waals surface area contributed by atoms with Crippen LogP contribution in [0.2, 0.25) is 0 Å². The number of aliphatic hydroxyl groups is 1. The van der Waals surface area contributed by atoms with Crippen LogP contribution in [0, 0.1) is 0 Å². The summed E-state index contributed by atoms with van der Waals surface area (Å²) in [6, 6.07) is 3.16. The highest BCUT2D eigenvalue weighted by Crippen LogP contribution is 2.09. The number of aromatic nitrogens is 1. The zero-order valence-corrected chi connectivity index (χ0v) is 7.52. The zero-order valence-electron chi connectivity index (χ0n) is 7.52. The molecule has 1 aromatic heterocycles. The van der Waals surface area contributed by atoms with Crippen LogP contribution in [-0.4, -0.2) is 23.2 Å². The lowest BCUT2D eigenvalue weighted by molar-refractivity contribution is 0.0600. The number of esters is 1. The molecular formula is C9H11NO3. The minimum absolute atomic E-state index is 0.381. The van der Waals surface area contributed by atoms with E-state index in [9.17, 15) is 4.79 Å². The Morgan fingerprint density at radius 1 is 1.62 bits per heavy atom. The van der Waals surface area contributed by atoms with Crippen molar-refractivity contribution in [3.05, 3.63) is 29.6 Å². The normalized spacial score (nSPS) is 12.2. The van der Waals surface area contributed by atoms with E-state index in [1.165, 1.54) is 13.3 Å². The van der Waals surface area contributed by atoms with Gasteiger partial charge in [-0.05, 0) is 19.1 Å². The molecule has 4 heteroatoms. The van der Waals surface area contributed by atoms with E-state index in [0.717, 1.165) is 0 Å². The van der Waals surface area contributed by atoms with E-state index in [2.05, 4.69) is 9.72 Å². The molecule has 0 aromatic carbocycles. The Kier molecular flexibility index (Phi) is 2.97. The van der Waals surface area contributed by atoms with Crippen molar-refractivity contribution in [2.75, 3.05) is 7.11 Å². The summed E-state index contributed by atoms with van der Waals surface area (Å²) in [4.78, 5) is 14.9. The number of rotatable bonds is 2. The van der Waals surface area contributed by atoms with Crippen molar-refractivity contribution in [1.29, 1.82) is 0 Å². The van der Waals surface area contributed by atoms with Crippen LogP contribution in [0.25, 0.3) is 0 Å². The summed E-state index contributed by atoms with van der Waals surface area (Å²) >= 11 is 0. The number of hydrogen-bond donors (Lipinski definition) is 1. The number of nitrogens with zero attached hydrogens (tertiary/aromatic N) is 1. The second-order valence-corrected chi connectivity index (χ2v) is 2.64. The molecule has 0 radical (unpaired) electrons. The van der Waals surface area contributed by atoms with Gasteiger partial charge < -0.3 is 9.84 Å². The van der Waals surface area contributed by atoms with Gasteiger partial charge in [-0.1, -0.05) is 0 Å². The van der Waals surface area contributed by atoms with Crippen LogP contribution in [0.5, 0.6) is 0 Å². The number of carbonyl (C=O) groups excluding carboxylic acids is 1. The first-order valence-corrected chi connectivity index (χ1v) is 3.87. The van der Waals surface area contributed by atoms with E-state index in [-0.39, 0.29) is 0 Å². The van der Waals surface area contributed by atoms with E-state index in [0.29, 0.717) is 11.3 Å². The third-order valence-electron chi connectivity index (χ3n) is 1.64. The highest BCUT2D eigenvalue weighted by molar-refractivity contribution is 5.88. The van der Waals surface area contributed by atoms with Gasteiger partial charge in [0.2, 0.25) is 0 Å². The Hall–Kier alpha value is -1.42. The van der Waals surface area contributed by atoms with Crippen LogP contribution in [0.15, 0.2) is 18.3 Å². The Bertz CT molecular complexity index is 292. The van der Waals surface area contributed by atoms with Gasteiger partial charge in [0.25, 0.3) is 0 Å². The number of carbonyl (C=O) groups is 1. The fourth-order valence-corrected chi connectivity index (χ4v) is 0.891. The van der Waals surface area contributed by atoms with Gasteiger partial charge >= 0.3 is 5.97 Å². The van der Waals surface area contributed by atoms with E-state index >= 15 is 0 Å². The maximum Gasteiger partial charge on any atom is 0.339 e. The average molecular weight is 181 g/mol. The summed E-state index contributed by atoms with van der Waals surface area (Å²) in [5, 5.41) is 9.13. The standard InChI is InChI=1S/C9H11NO3/c1-6(11)8-4-3-7(5-10-8)9(12)13-2/h3-6,11H,1-2H3/t6-/m0/s1. The largest absolute Gasteiger partial charge is 0.465 e. The SMILES string of the molecule is COC(=O)c1ccc([C@H](C)O)nc1. The first kappa shape index (κ1) is 9.67. The molecule has 1 rings (SSSR count). The highest BCUT2D eigenvalue weighted by Gasteiger charge is 2.07. The fourth-order valence-electron chi connectivity index (χ4n) is 0.891. The van der Waals surface area contributed by atoms with Crippen LogP contribution in [0.4, 0.5) is 0 Å². The van der Waals surface area contributed by atoms with E-state index in [1.54, 1.807) is 19.1 Å². The van der Waals surface area contributed by atoms with Crippen molar-refractivity contribution in [2.45, 2.75) is 13.0 Å². The smallest absolute Gasteiger partial charge is 0.339 e. The number of ether oxygens (including phenoxy) is 1. The molecule has 0 saturated carbocycles. The Labute approximate surface area is 76.2 Å². The highest BCUT2D eigenvalue weighted by atomic mass is 16.5. The molecule has 0 spiro atoms. The molecular weight excluding hydrogens is 170 g/mol. The summed E-state index contributed by atoms with van der Waals surface area (Å²) in [6.07, 6.45) is 0.764. The molecule has 70 valence electrons. The third kappa shape index (κ3) is 2.26. The Morgan fingerprint density at radius 3 is 2.69 bits per heavy atom. The topological polar surface area (TPSA) is 59.4 Å². The maximum absolute atomic E-state index is 11.0. The lowest BCUT2D eigenvalue weighted by Crippen LogP contribution is -2.03. The van der Waals surface area contributed by atoms with E-state index < -0.39 is 12.1 Å². The first-order valence-electron chi connectivity index (χ1n) is 3.87. The van der Waals surface area contributed by atoms with E-state index in [4.69, 9.17) is 5.11 Å². The number of hydrogen-bond acceptors (Lipinski definition) is 4. The maximum atomic E-state index is 11.0. The summed E-state index contributed by atoms with van der Waals surface area (Å²) < 4.78 is 4.50. The minimum atomic E-state index is -0.619. The first-order chi connectivity index (χ1) is 6.15. The van der Waals surface area contributed by atoms with E-state index in [1.807, 2.05) is 0 Å². The van der Waals surface area contributed by atoms with Gasteiger partial charge in [0.1, 0.15) is 0 Å². The van der Waals surface area contributed by atoms with Gasteiger partial charge in [-0.2, -0.15) is 0 Å². The van der Waals surface area contributed by atoms with Crippen molar-refractivity contribution in [3.63, 3.8) is 0 Å². The van der Waals surface area contributed by atoms with Crippen molar-refractivity contribution >= 4 is 5.97 Å². The molecule has 0 aliphatic heterocycles. The van der Waals surface area contributed by atoms with Crippen LogP contribution in [0.3, 0.4) is 0 Å². The van der Waals surface area contributed by atoms with Crippen molar-refractivity contribution < 1.29 is 14.6 Å². The molecule has 0 unspecified atom stereocenters. The number of aliphatic hydroxyl groups excluding tert-OH is 1. The van der Waals surface area contributed by atoms with Crippen molar-refractivity contribution in [3.8, 4) is 0 Å². The number of methoxy groups -OCH3 is 1. The predicted octanol–water partition coefficient (Wildman–Crippen LogP) is 0.921. The molecule has 1 heterocycles. The molecule has 0 fully saturated rings. The average Bonchev–Trinajstić information content (AvgIpc) is 2.17. The molecule has 13 heavy (non-hydrogen) atoms. The summed E-state index contributed by atoms with van der Waals surface area (Å²) in [5.41, 5.74) is 0.916. The summed E-state index contributed by atoms with van der Waals surface area (Å²) in [7, 11) is 1.31. The van der Waals surface area contributed by atoms with Gasteiger partial charge in [0.05, 0.1) is 24.5 Å². The number of pyridine rings is 1. The molecule has 0 amide bonds. The van der Waals surface area contributed by atoms with Crippen LogP contribution >= 0.6 is 0 Å². The third-order valence-corrected chi connectivity index (χ3v) is 1.64. The molecule has 4 nitrogen and oxygen atoms in total. The second-order valence-electron chi connectivity index (χ2n) is 2.64. The molecule has 0 aliphatic carbocycles. The quantitative estimate of drug-likeness (QED) is 0.689. The van der Waals surface area contributed by atoms with Crippen LogP contribution in [-0.2, 0) is 4.74 Å². The van der Waals surface area contributed by atoms with Gasteiger partial charge in [-0.3, -0.25) is 4.98 Å². The Balaban J connectivity index is 2.87.